The molecule has 0 spiro atoms. The van der Waals surface area contributed by atoms with E-state index < -0.39 is 16.7 Å². The minimum absolute atomic E-state index is 0.104. The molecule has 2 amide bonds. The van der Waals surface area contributed by atoms with Gasteiger partial charge in [-0.15, -0.1) is 0 Å². The SMILES string of the molecule is CN(C)CCCNC(=O)c1cc(C(=O)NCCCN(C)C)cc([N+](=O)[O-])c1. The summed E-state index contributed by atoms with van der Waals surface area (Å²) >= 11 is 0. The van der Waals surface area contributed by atoms with Crippen molar-refractivity contribution in [2.75, 3.05) is 54.4 Å². The number of amides is 2. The number of hydrogen-bond acceptors (Lipinski definition) is 6. The molecule has 0 aliphatic heterocycles. The van der Waals surface area contributed by atoms with Crippen molar-refractivity contribution in [3.63, 3.8) is 0 Å². The number of nitro benzene ring substituents is 1. The summed E-state index contributed by atoms with van der Waals surface area (Å²) in [5, 5.41) is 16.6. The van der Waals surface area contributed by atoms with E-state index >= 15 is 0 Å². The number of non-ortho nitro benzene ring substituents is 1. The number of nitrogens with one attached hydrogen (secondary N) is 2. The molecule has 150 valence electrons. The van der Waals surface area contributed by atoms with Crippen LogP contribution in [0.15, 0.2) is 18.2 Å². The maximum absolute atomic E-state index is 12.3. The number of hydrogen-bond donors (Lipinski definition) is 2. The number of benzene rings is 1. The summed E-state index contributed by atoms with van der Waals surface area (Å²) in [5.74, 6) is -0.863. The van der Waals surface area contributed by atoms with Gasteiger partial charge >= 0.3 is 0 Å². The Morgan fingerprint density at radius 2 is 1.30 bits per heavy atom. The summed E-state index contributed by atoms with van der Waals surface area (Å²) in [6, 6.07) is 3.75. The van der Waals surface area contributed by atoms with Crippen molar-refractivity contribution in [2.24, 2.45) is 0 Å². The van der Waals surface area contributed by atoms with E-state index in [1.807, 2.05) is 38.0 Å². The van der Waals surface area contributed by atoms with Crippen LogP contribution in [-0.4, -0.2) is 80.9 Å². The summed E-state index contributed by atoms with van der Waals surface area (Å²) in [5.41, 5.74) is -0.0747. The third-order valence-electron chi connectivity index (χ3n) is 3.79. The Labute approximate surface area is 159 Å². The fraction of sp³-hybridized carbons (Fsp3) is 0.556. The highest BCUT2D eigenvalue weighted by Gasteiger charge is 2.17. The smallest absolute Gasteiger partial charge is 0.271 e. The van der Waals surface area contributed by atoms with Crippen LogP contribution in [0.2, 0.25) is 0 Å². The fourth-order valence-corrected chi connectivity index (χ4v) is 2.38. The van der Waals surface area contributed by atoms with Gasteiger partial charge in [0.1, 0.15) is 0 Å². The molecule has 0 heterocycles. The topological polar surface area (TPSA) is 108 Å². The first-order valence-electron chi connectivity index (χ1n) is 8.86. The van der Waals surface area contributed by atoms with Crippen molar-refractivity contribution in [1.82, 2.24) is 20.4 Å². The van der Waals surface area contributed by atoms with E-state index in [2.05, 4.69) is 10.6 Å². The highest BCUT2D eigenvalue weighted by molar-refractivity contribution is 6.00. The molecule has 0 fully saturated rings. The van der Waals surface area contributed by atoms with E-state index in [9.17, 15) is 19.7 Å². The zero-order chi connectivity index (χ0) is 20.4. The van der Waals surface area contributed by atoms with Gasteiger partial charge in [-0.25, -0.2) is 0 Å². The minimum Gasteiger partial charge on any atom is -0.352 e. The zero-order valence-corrected chi connectivity index (χ0v) is 16.4. The maximum atomic E-state index is 12.3. The van der Waals surface area contributed by atoms with Gasteiger partial charge in [0.25, 0.3) is 17.5 Å². The van der Waals surface area contributed by atoms with E-state index in [1.165, 1.54) is 18.2 Å². The van der Waals surface area contributed by atoms with Crippen LogP contribution in [-0.2, 0) is 0 Å². The standard InChI is InChI=1S/C18H29N5O4/c1-21(2)9-5-7-19-17(24)14-11-15(13-16(12-14)23(26)27)18(25)20-8-6-10-22(3)4/h11-13H,5-10H2,1-4H3,(H,19,24)(H,20,25). The molecule has 0 radical (unpaired) electrons. The number of nitrogens with zero attached hydrogens (tertiary/aromatic N) is 3. The second-order valence-corrected chi connectivity index (χ2v) is 6.85. The lowest BCUT2D eigenvalue weighted by atomic mass is 10.1. The Morgan fingerprint density at radius 1 is 0.889 bits per heavy atom. The highest BCUT2D eigenvalue weighted by Crippen LogP contribution is 2.17. The van der Waals surface area contributed by atoms with Gasteiger partial charge in [-0.05, 0) is 60.2 Å². The summed E-state index contributed by atoms with van der Waals surface area (Å²) in [6.45, 7) is 2.53. The molecule has 1 rings (SSSR count). The molecule has 2 N–H and O–H groups in total. The van der Waals surface area contributed by atoms with Crippen LogP contribution in [0.25, 0.3) is 0 Å². The van der Waals surface area contributed by atoms with Gasteiger partial charge in [0, 0.05) is 36.3 Å². The van der Waals surface area contributed by atoms with Crippen LogP contribution in [0, 0.1) is 10.1 Å². The van der Waals surface area contributed by atoms with E-state index in [0.29, 0.717) is 13.1 Å². The quantitative estimate of drug-likeness (QED) is 0.337. The minimum atomic E-state index is -0.606. The lowest BCUT2D eigenvalue weighted by molar-refractivity contribution is -0.384. The molecule has 0 saturated carbocycles. The lowest BCUT2D eigenvalue weighted by Crippen LogP contribution is -2.29. The van der Waals surface area contributed by atoms with Gasteiger partial charge < -0.3 is 20.4 Å². The molecular weight excluding hydrogens is 350 g/mol. The highest BCUT2D eigenvalue weighted by atomic mass is 16.6. The van der Waals surface area contributed by atoms with Crippen molar-refractivity contribution in [2.45, 2.75) is 12.8 Å². The fourth-order valence-electron chi connectivity index (χ4n) is 2.38. The molecule has 0 atom stereocenters. The summed E-state index contributed by atoms with van der Waals surface area (Å²) in [4.78, 5) is 39.1. The van der Waals surface area contributed by atoms with Crippen LogP contribution in [0.3, 0.4) is 0 Å². The van der Waals surface area contributed by atoms with Gasteiger partial charge in [0.15, 0.2) is 0 Å². The molecule has 0 unspecified atom stereocenters. The number of carbonyl (C=O) groups excluding carboxylic acids is 2. The van der Waals surface area contributed by atoms with Crippen LogP contribution in [0.5, 0.6) is 0 Å². The molecular formula is C18H29N5O4. The Hall–Kier alpha value is -2.52. The number of carbonyl (C=O) groups is 2. The van der Waals surface area contributed by atoms with Crippen molar-refractivity contribution in [3.05, 3.63) is 39.4 Å². The first kappa shape index (κ1) is 22.5. The summed E-state index contributed by atoms with van der Waals surface area (Å²) in [6.07, 6.45) is 1.51. The van der Waals surface area contributed by atoms with Crippen molar-refractivity contribution < 1.29 is 14.5 Å². The molecule has 9 nitrogen and oxygen atoms in total. The van der Waals surface area contributed by atoms with Gasteiger partial charge in [-0.2, -0.15) is 0 Å². The lowest BCUT2D eigenvalue weighted by Gasteiger charge is -2.11. The largest absolute Gasteiger partial charge is 0.352 e. The van der Waals surface area contributed by atoms with Crippen molar-refractivity contribution >= 4 is 17.5 Å². The second kappa shape index (κ2) is 11.2. The Kier molecular flexibility index (Phi) is 9.38. The molecule has 0 bridgehead atoms. The normalized spacial score (nSPS) is 10.9. The van der Waals surface area contributed by atoms with Gasteiger partial charge in [-0.3, -0.25) is 19.7 Å². The molecule has 0 aliphatic carbocycles. The van der Waals surface area contributed by atoms with E-state index in [0.717, 1.165) is 25.9 Å². The van der Waals surface area contributed by atoms with E-state index in [4.69, 9.17) is 0 Å². The van der Waals surface area contributed by atoms with Crippen molar-refractivity contribution in [1.29, 1.82) is 0 Å². The van der Waals surface area contributed by atoms with E-state index in [1.54, 1.807) is 0 Å². The van der Waals surface area contributed by atoms with Crippen LogP contribution < -0.4 is 10.6 Å². The average Bonchev–Trinajstić information content (AvgIpc) is 2.61. The second-order valence-electron chi connectivity index (χ2n) is 6.85. The summed E-state index contributed by atoms with van der Waals surface area (Å²) < 4.78 is 0. The molecule has 0 aromatic heterocycles. The monoisotopic (exact) mass is 379 g/mol. The van der Waals surface area contributed by atoms with E-state index in [-0.39, 0.29) is 16.8 Å². The third kappa shape index (κ3) is 8.61. The third-order valence-corrected chi connectivity index (χ3v) is 3.79. The first-order chi connectivity index (χ1) is 12.7. The first-order valence-corrected chi connectivity index (χ1v) is 8.86. The summed E-state index contributed by atoms with van der Waals surface area (Å²) in [7, 11) is 7.75. The molecule has 1 aromatic rings. The van der Waals surface area contributed by atoms with Crippen LogP contribution in [0.4, 0.5) is 5.69 Å². The Balaban J connectivity index is 2.79. The Bertz CT molecular complexity index is 615. The van der Waals surface area contributed by atoms with Gasteiger partial charge in [-0.1, -0.05) is 0 Å². The van der Waals surface area contributed by atoms with Crippen LogP contribution in [0.1, 0.15) is 33.6 Å². The predicted octanol–water partition coefficient (Wildman–Crippen LogP) is 0.958. The maximum Gasteiger partial charge on any atom is 0.271 e. The zero-order valence-electron chi connectivity index (χ0n) is 16.4. The van der Waals surface area contributed by atoms with Crippen molar-refractivity contribution in [3.8, 4) is 0 Å². The number of rotatable bonds is 11. The molecule has 1 aromatic carbocycles. The van der Waals surface area contributed by atoms with Gasteiger partial charge in [0.2, 0.25) is 0 Å². The number of nitro groups is 1. The molecule has 0 aliphatic rings. The van der Waals surface area contributed by atoms with Gasteiger partial charge in [0.05, 0.1) is 4.92 Å². The molecule has 0 saturated heterocycles. The molecule has 9 heteroatoms. The molecule has 27 heavy (non-hydrogen) atoms. The van der Waals surface area contributed by atoms with Crippen LogP contribution >= 0.6 is 0 Å². The Morgan fingerprint density at radius 3 is 1.63 bits per heavy atom. The average molecular weight is 379 g/mol. The predicted molar refractivity (Wildman–Crippen MR) is 104 cm³/mol.